The molecule has 0 bridgehead atoms. The van der Waals surface area contributed by atoms with Gasteiger partial charge < -0.3 is 9.84 Å². The van der Waals surface area contributed by atoms with Crippen molar-refractivity contribution in [3.63, 3.8) is 0 Å². The Kier molecular flexibility index (Phi) is 5.67. The molecule has 140 valence electrons. The summed E-state index contributed by atoms with van der Waals surface area (Å²) < 4.78 is 35.0. The summed E-state index contributed by atoms with van der Waals surface area (Å²) in [7, 11) is 1.41. The second-order valence-corrected chi connectivity index (χ2v) is 8.54. The Morgan fingerprint density at radius 2 is 1.81 bits per heavy atom. The van der Waals surface area contributed by atoms with Gasteiger partial charge in [0.25, 0.3) is 10.1 Å². The zero-order valence-corrected chi connectivity index (χ0v) is 15.5. The van der Waals surface area contributed by atoms with Gasteiger partial charge >= 0.3 is 12.1 Å². The first-order chi connectivity index (χ1) is 11.9. The highest BCUT2D eigenvalue weighted by Gasteiger charge is 2.43. The van der Waals surface area contributed by atoms with Crippen LogP contribution in [0.25, 0.3) is 0 Å². The molecule has 1 aromatic rings. The van der Waals surface area contributed by atoms with E-state index in [0.717, 1.165) is 4.90 Å². The summed E-state index contributed by atoms with van der Waals surface area (Å²) in [5.41, 5.74) is -0.415. The number of carbonyl (C=O) groups excluding carboxylic acids is 1. The molecule has 0 saturated carbocycles. The van der Waals surface area contributed by atoms with Crippen LogP contribution in [0.5, 0.6) is 0 Å². The van der Waals surface area contributed by atoms with Crippen molar-refractivity contribution in [2.75, 3.05) is 6.54 Å². The van der Waals surface area contributed by atoms with E-state index >= 15 is 0 Å². The normalized spacial score (nSPS) is 20.8. The summed E-state index contributed by atoms with van der Waals surface area (Å²) in [6.45, 7) is 4.74. The predicted molar refractivity (Wildman–Crippen MR) is 92.9 cm³/mol. The van der Waals surface area contributed by atoms with E-state index in [9.17, 15) is 23.1 Å². The molecule has 2 radical (unpaired) electrons. The quantitative estimate of drug-likeness (QED) is 0.602. The van der Waals surface area contributed by atoms with E-state index in [1.165, 1.54) is 24.3 Å². The zero-order chi connectivity index (χ0) is 19.7. The van der Waals surface area contributed by atoms with E-state index in [0.29, 0.717) is 5.46 Å². The minimum absolute atomic E-state index is 0.103. The lowest BCUT2D eigenvalue weighted by Gasteiger charge is -2.26. The lowest BCUT2D eigenvalue weighted by Crippen LogP contribution is -2.43. The summed E-state index contributed by atoms with van der Waals surface area (Å²) in [5, 5.41) is 9.33. The van der Waals surface area contributed by atoms with Crippen LogP contribution in [-0.2, 0) is 23.8 Å². The molecule has 1 amide bonds. The topological polar surface area (TPSA) is 110 Å². The molecular formula is C16H20BNO7S. The minimum Gasteiger partial charge on any atom is -0.480 e. The van der Waals surface area contributed by atoms with Crippen molar-refractivity contribution in [3.8, 4) is 0 Å². The number of likely N-dealkylation sites (tertiary alicyclic amines) is 1. The van der Waals surface area contributed by atoms with Crippen LogP contribution in [0.1, 0.15) is 27.2 Å². The number of amides is 1. The molecule has 0 aromatic heterocycles. The third kappa shape index (κ3) is 4.98. The predicted octanol–water partition coefficient (Wildman–Crippen LogP) is 0.648. The number of carboxylic acids is 1. The first-order valence-electron chi connectivity index (χ1n) is 7.90. The van der Waals surface area contributed by atoms with Gasteiger partial charge in [-0.25, -0.2) is 9.59 Å². The number of hydrogen-bond donors (Lipinski definition) is 1. The number of benzene rings is 1. The lowest BCUT2D eigenvalue weighted by atomic mass is 9.97. The van der Waals surface area contributed by atoms with Crippen molar-refractivity contribution >= 4 is 35.5 Å². The van der Waals surface area contributed by atoms with E-state index in [1.54, 1.807) is 20.8 Å². The van der Waals surface area contributed by atoms with Gasteiger partial charge in [-0.15, -0.1) is 0 Å². The second kappa shape index (κ2) is 7.28. The highest BCUT2D eigenvalue weighted by Crippen LogP contribution is 2.26. The Morgan fingerprint density at radius 3 is 2.31 bits per heavy atom. The summed E-state index contributed by atoms with van der Waals surface area (Å²) in [5.74, 6) is -1.26. The van der Waals surface area contributed by atoms with Gasteiger partial charge in [0.05, 0.1) is 17.5 Å². The SMILES string of the molecule is [B]c1ccc(S(=O)(=O)O[C@H]2C[C@@H](C(=O)O)N(C(=O)OC(C)(C)C)C2)cc1. The summed E-state index contributed by atoms with van der Waals surface area (Å²) in [6.07, 6.45) is -1.99. The van der Waals surface area contributed by atoms with Crippen LogP contribution in [0.4, 0.5) is 4.79 Å². The van der Waals surface area contributed by atoms with Crippen LogP contribution < -0.4 is 5.46 Å². The van der Waals surface area contributed by atoms with E-state index in [-0.39, 0.29) is 17.9 Å². The molecule has 2 atom stereocenters. The summed E-state index contributed by atoms with van der Waals surface area (Å²) >= 11 is 0. The van der Waals surface area contributed by atoms with Gasteiger partial charge in [-0.3, -0.25) is 9.08 Å². The Bertz CT molecular complexity index is 786. The molecule has 1 heterocycles. The molecule has 8 nitrogen and oxygen atoms in total. The Balaban J connectivity index is 2.15. The Morgan fingerprint density at radius 1 is 1.23 bits per heavy atom. The van der Waals surface area contributed by atoms with Crippen LogP contribution in [0, 0.1) is 0 Å². The van der Waals surface area contributed by atoms with Gasteiger partial charge in [0.1, 0.15) is 19.5 Å². The maximum Gasteiger partial charge on any atom is 0.411 e. The standard InChI is InChI=1S/C16H20BNO7S/c1-16(2,3)24-15(21)18-9-11(8-13(18)14(19)20)25-26(22,23)12-6-4-10(17)5-7-12/h4-7,11,13H,8-9H2,1-3H3,(H,19,20)/t11-,13-/m0/s1. The third-order valence-corrected chi connectivity index (χ3v) is 4.98. The molecule has 1 aromatic carbocycles. The van der Waals surface area contributed by atoms with E-state index < -0.39 is 39.9 Å². The highest BCUT2D eigenvalue weighted by atomic mass is 32.2. The first kappa shape index (κ1) is 20.2. The summed E-state index contributed by atoms with van der Waals surface area (Å²) in [6, 6.07) is 4.19. The van der Waals surface area contributed by atoms with Crippen molar-refractivity contribution in [3.05, 3.63) is 24.3 Å². The van der Waals surface area contributed by atoms with Crippen molar-refractivity contribution in [2.45, 2.75) is 49.8 Å². The molecule has 1 fully saturated rings. The first-order valence-corrected chi connectivity index (χ1v) is 9.31. The molecule has 1 N–H and O–H groups in total. The van der Waals surface area contributed by atoms with Gasteiger partial charge in [0, 0.05) is 6.42 Å². The largest absolute Gasteiger partial charge is 0.480 e. The van der Waals surface area contributed by atoms with Gasteiger partial charge in [0.15, 0.2) is 0 Å². The van der Waals surface area contributed by atoms with Gasteiger partial charge in [-0.2, -0.15) is 8.42 Å². The number of carbonyl (C=O) groups is 2. The smallest absolute Gasteiger partial charge is 0.411 e. The lowest BCUT2D eigenvalue weighted by molar-refractivity contribution is -0.142. The van der Waals surface area contributed by atoms with Gasteiger partial charge in [-0.05, 0) is 32.9 Å². The number of aliphatic carboxylic acids is 1. The average molecular weight is 381 g/mol. The fourth-order valence-corrected chi connectivity index (χ4v) is 3.57. The van der Waals surface area contributed by atoms with Crippen molar-refractivity contribution in [2.24, 2.45) is 0 Å². The molecule has 26 heavy (non-hydrogen) atoms. The van der Waals surface area contributed by atoms with Crippen LogP contribution in [-0.4, -0.2) is 62.6 Å². The molecular weight excluding hydrogens is 361 g/mol. The summed E-state index contributed by atoms with van der Waals surface area (Å²) in [4.78, 5) is 24.5. The number of carboxylic acid groups (broad SMARTS) is 1. The van der Waals surface area contributed by atoms with Crippen molar-refractivity contribution in [1.29, 1.82) is 0 Å². The van der Waals surface area contributed by atoms with E-state index in [2.05, 4.69) is 0 Å². The third-order valence-electron chi connectivity index (χ3n) is 3.61. The number of hydrogen-bond acceptors (Lipinski definition) is 6. The van der Waals surface area contributed by atoms with E-state index in [1.807, 2.05) is 0 Å². The maximum atomic E-state index is 12.3. The number of ether oxygens (including phenoxy) is 1. The number of rotatable bonds is 4. The second-order valence-electron chi connectivity index (χ2n) is 6.96. The minimum atomic E-state index is -4.12. The fraction of sp³-hybridized carbons (Fsp3) is 0.500. The van der Waals surface area contributed by atoms with Crippen LogP contribution >= 0.6 is 0 Å². The van der Waals surface area contributed by atoms with Crippen LogP contribution in [0.15, 0.2) is 29.2 Å². The molecule has 10 heteroatoms. The van der Waals surface area contributed by atoms with E-state index in [4.69, 9.17) is 16.8 Å². The average Bonchev–Trinajstić information content (AvgIpc) is 2.89. The Labute approximate surface area is 153 Å². The van der Waals surface area contributed by atoms with Gasteiger partial charge in [-0.1, -0.05) is 17.6 Å². The molecule has 0 unspecified atom stereocenters. The molecule has 1 aliphatic rings. The molecule has 0 aliphatic carbocycles. The van der Waals surface area contributed by atoms with Gasteiger partial charge in [0.2, 0.25) is 0 Å². The van der Waals surface area contributed by atoms with Crippen molar-refractivity contribution in [1.82, 2.24) is 4.90 Å². The Hall–Kier alpha value is -2.07. The zero-order valence-electron chi connectivity index (χ0n) is 14.7. The molecule has 0 spiro atoms. The fourth-order valence-electron chi connectivity index (χ4n) is 2.49. The maximum absolute atomic E-state index is 12.3. The molecule has 1 aliphatic heterocycles. The van der Waals surface area contributed by atoms with Crippen LogP contribution in [0.2, 0.25) is 0 Å². The van der Waals surface area contributed by atoms with Crippen LogP contribution in [0.3, 0.4) is 0 Å². The molecule has 1 saturated heterocycles. The van der Waals surface area contributed by atoms with Crippen molar-refractivity contribution < 1.29 is 32.0 Å². The monoisotopic (exact) mass is 381 g/mol. The number of nitrogens with zero attached hydrogens (tertiary/aromatic N) is 1. The highest BCUT2D eigenvalue weighted by molar-refractivity contribution is 7.86. The molecule has 2 rings (SSSR count).